The van der Waals surface area contributed by atoms with E-state index >= 15 is 0 Å². The van der Waals surface area contributed by atoms with E-state index in [4.69, 9.17) is 28.0 Å². The van der Waals surface area contributed by atoms with Gasteiger partial charge in [0.15, 0.2) is 0 Å². The number of amides is 2. The number of nitrogens with one attached hydrogen (secondary N) is 2. The molecule has 2 atom stereocenters. The SMILES string of the molecule is C[C@@]1(C(=O)N[C@@H](Cc2ccc(NC(=O)c3c(Cl)cccc3Cl)cc2)C(=O)O)CC(c2cccnc2)=NO1. The zero-order valence-electron chi connectivity index (χ0n) is 19.6. The highest BCUT2D eigenvalue weighted by atomic mass is 35.5. The normalized spacial score (nSPS) is 17.3. The Labute approximate surface area is 222 Å². The summed E-state index contributed by atoms with van der Waals surface area (Å²) >= 11 is 12.2. The van der Waals surface area contributed by atoms with Crippen molar-refractivity contribution in [2.75, 3.05) is 5.32 Å². The Balaban J connectivity index is 1.38. The molecule has 2 amide bonds. The lowest BCUT2D eigenvalue weighted by molar-refractivity contribution is -0.148. The number of aromatic nitrogens is 1. The number of pyridine rings is 1. The number of nitrogens with zero attached hydrogens (tertiary/aromatic N) is 2. The zero-order valence-corrected chi connectivity index (χ0v) is 21.1. The molecule has 1 aliphatic heterocycles. The maximum absolute atomic E-state index is 13.0. The first-order valence-corrected chi connectivity index (χ1v) is 12.0. The van der Waals surface area contributed by atoms with E-state index < -0.39 is 29.4 Å². The van der Waals surface area contributed by atoms with Gasteiger partial charge in [-0.15, -0.1) is 0 Å². The molecule has 0 fully saturated rings. The lowest BCUT2D eigenvalue weighted by Gasteiger charge is -2.23. The molecule has 190 valence electrons. The van der Waals surface area contributed by atoms with Crippen LogP contribution in [0.3, 0.4) is 0 Å². The molecule has 0 spiro atoms. The fourth-order valence-corrected chi connectivity index (χ4v) is 4.30. The van der Waals surface area contributed by atoms with Gasteiger partial charge in [0.2, 0.25) is 5.60 Å². The fraction of sp³-hybridized carbons (Fsp3) is 0.192. The van der Waals surface area contributed by atoms with Crippen LogP contribution in [0.15, 0.2) is 72.1 Å². The summed E-state index contributed by atoms with van der Waals surface area (Å²) in [5.41, 5.74) is 1.17. The quantitative estimate of drug-likeness (QED) is 0.389. The van der Waals surface area contributed by atoms with E-state index in [1.165, 1.54) is 0 Å². The van der Waals surface area contributed by atoms with E-state index in [2.05, 4.69) is 20.8 Å². The van der Waals surface area contributed by atoms with Crippen LogP contribution in [0, 0.1) is 0 Å². The monoisotopic (exact) mass is 540 g/mol. The van der Waals surface area contributed by atoms with Crippen molar-refractivity contribution in [2.45, 2.75) is 31.4 Å². The second-order valence-corrected chi connectivity index (χ2v) is 9.41. The molecule has 2 heterocycles. The van der Waals surface area contributed by atoms with E-state index in [9.17, 15) is 19.5 Å². The van der Waals surface area contributed by atoms with E-state index in [1.807, 2.05) is 0 Å². The van der Waals surface area contributed by atoms with Crippen LogP contribution in [-0.4, -0.2) is 45.2 Å². The molecule has 0 radical (unpaired) electrons. The van der Waals surface area contributed by atoms with Crippen LogP contribution in [-0.2, 0) is 20.8 Å². The van der Waals surface area contributed by atoms with Crippen LogP contribution in [0.4, 0.5) is 5.69 Å². The van der Waals surface area contributed by atoms with Gasteiger partial charge in [-0.3, -0.25) is 14.6 Å². The number of carbonyl (C=O) groups is 3. The van der Waals surface area contributed by atoms with Crippen LogP contribution in [0.5, 0.6) is 0 Å². The van der Waals surface area contributed by atoms with Gasteiger partial charge in [-0.1, -0.05) is 46.6 Å². The van der Waals surface area contributed by atoms with Crippen molar-refractivity contribution in [1.82, 2.24) is 10.3 Å². The molecule has 0 aliphatic carbocycles. The molecule has 0 unspecified atom stereocenters. The first-order valence-electron chi connectivity index (χ1n) is 11.2. The summed E-state index contributed by atoms with van der Waals surface area (Å²) in [4.78, 5) is 46.9. The minimum atomic E-state index is -1.35. The first kappa shape index (κ1) is 26.1. The van der Waals surface area contributed by atoms with Gasteiger partial charge in [0.1, 0.15) is 6.04 Å². The second-order valence-electron chi connectivity index (χ2n) is 8.59. The van der Waals surface area contributed by atoms with Crippen LogP contribution in [0.2, 0.25) is 10.0 Å². The number of aliphatic carboxylic acids is 1. The summed E-state index contributed by atoms with van der Waals surface area (Å²) in [6, 6.07) is 13.7. The largest absolute Gasteiger partial charge is 0.480 e. The Morgan fingerprint density at radius 1 is 1.08 bits per heavy atom. The Morgan fingerprint density at radius 2 is 1.78 bits per heavy atom. The van der Waals surface area contributed by atoms with E-state index in [1.54, 1.807) is 73.9 Å². The zero-order chi connectivity index (χ0) is 26.6. The van der Waals surface area contributed by atoms with Crippen molar-refractivity contribution in [3.8, 4) is 0 Å². The molecule has 3 N–H and O–H groups in total. The molecule has 0 bridgehead atoms. The van der Waals surface area contributed by atoms with Gasteiger partial charge < -0.3 is 20.6 Å². The summed E-state index contributed by atoms with van der Waals surface area (Å²) in [5, 5.41) is 19.4. The molecule has 2 aromatic carbocycles. The molecule has 0 saturated carbocycles. The van der Waals surface area contributed by atoms with E-state index in [0.29, 0.717) is 17.0 Å². The maximum atomic E-state index is 13.0. The molecule has 1 aliphatic rings. The minimum absolute atomic E-state index is 0.0119. The Bertz CT molecular complexity index is 1340. The van der Waals surface area contributed by atoms with E-state index in [-0.39, 0.29) is 28.5 Å². The van der Waals surface area contributed by atoms with Crippen molar-refractivity contribution in [3.63, 3.8) is 0 Å². The van der Waals surface area contributed by atoms with Crippen LogP contribution in [0.1, 0.15) is 34.8 Å². The molecule has 3 aromatic rings. The number of carboxylic acids is 1. The van der Waals surface area contributed by atoms with Gasteiger partial charge in [0, 0.05) is 36.5 Å². The van der Waals surface area contributed by atoms with Gasteiger partial charge in [-0.25, -0.2) is 4.79 Å². The summed E-state index contributed by atoms with van der Waals surface area (Å²) in [7, 11) is 0. The molecule has 4 rings (SSSR count). The van der Waals surface area contributed by atoms with Crippen LogP contribution >= 0.6 is 23.2 Å². The highest BCUT2D eigenvalue weighted by molar-refractivity contribution is 6.40. The second kappa shape index (κ2) is 11.0. The number of halogens is 2. The van der Waals surface area contributed by atoms with Gasteiger partial charge in [-0.05, 0) is 48.9 Å². The Kier molecular flexibility index (Phi) is 7.75. The predicted molar refractivity (Wildman–Crippen MR) is 139 cm³/mol. The lowest BCUT2D eigenvalue weighted by Crippen LogP contribution is -2.51. The molecule has 37 heavy (non-hydrogen) atoms. The van der Waals surface area contributed by atoms with E-state index in [0.717, 1.165) is 5.56 Å². The Hall–Kier alpha value is -3.95. The number of carboxylic acid groups (broad SMARTS) is 1. The summed E-state index contributed by atoms with van der Waals surface area (Å²) < 4.78 is 0. The highest BCUT2D eigenvalue weighted by Crippen LogP contribution is 2.27. The average molecular weight is 541 g/mol. The van der Waals surface area contributed by atoms with Crippen molar-refractivity contribution in [3.05, 3.63) is 93.7 Å². The van der Waals surface area contributed by atoms with Gasteiger partial charge in [0.05, 0.1) is 21.3 Å². The topological polar surface area (TPSA) is 130 Å². The number of oxime groups is 1. The maximum Gasteiger partial charge on any atom is 0.326 e. The summed E-state index contributed by atoms with van der Waals surface area (Å²) in [6.45, 7) is 1.55. The van der Waals surface area contributed by atoms with Gasteiger partial charge >= 0.3 is 5.97 Å². The third-order valence-electron chi connectivity index (χ3n) is 5.78. The first-order chi connectivity index (χ1) is 17.7. The molecule has 11 heteroatoms. The average Bonchev–Trinajstić information content (AvgIpc) is 3.28. The molecule has 1 aromatic heterocycles. The van der Waals surface area contributed by atoms with Gasteiger partial charge in [-0.2, -0.15) is 0 Å². The standard InChI is InChI=1S/C26H22Cl2N4O5/c1-26(13-21(32-37-26)16-4-3-11-29-14-16)25(36)31-20(24(34)35)12-15-7-9-17(10-8-15)30-23(33)22-18(27)5-2-6-19(22)28/h2-11,14,20H,12-13H2,1H3,(H,30,33)(H,31,36)(H,34,35)/t20-,26-/m0/s1. The van der Waals surface area contributed by atoms with Crippen molar-refractivity contribution in [1.29, 1.82) is 0 Å². The number of rotatable bonds is 8. The number of carbonyl (C=O) groups excluding carboxylic acids is 2. The van der Waals surface area contributed by atoms with Crippen molar-refractivity contribution >= 4 is 52.4 Å². The number of benzene rings is 2. The number of anilines is 1. The third-order valence-corrected chi connectivity index (χ3v) is 6.41. The number of hydrogen-bond donors (Lipinski definition) is 3. The third kappa shape index (κ3) is 6.07. The Morgan fingerprint density at radius 3 is 2.41 bits per heavy atom. The van der Waals surface area contributed by atoms with Gasteiger partial charge in [0.25, 0.3) is 11.8 Å². The summed E-state index contributed by atoms with van der Waals surface area (Å²) in [6.07, 6.45) is 3.41. The molecule has 0 saturated heterocycles. The predicted octanol–water partition coefficient (Wildman–Crippen LogP) is 4.34. The smallest absolute Gasteiger partial charge is 0.326 e. The van der Waals surface area contributed by atoms with Crippen LogP contribution < -0.4 is 10.6 Å². The van der Waals surface area contributed by atoms with Crippen molar-refractivity contribution < 1.29 is 24.3 Å². The highest BCUT2D eigenvalue weighted by Gasteiger charge is 2.43. The minimum Gasteiger partial charge on any atom is -0.480 e. The molecule has 9 nitrogen and oxygen atoms in total. The number of hydrogen-bond acceptors (Lipinski definition) is 6. The van der Waals surface area contributed by atoms with Crippen molar-refractivity contribution in [2.24, 2.45) is 5.16 Å². The summed E-state index contributed by atoms with van der Waals surface area (Å²) in [5.74, 6) is -2.27. The lowest BCUT2D eigenvalue weighted by atomic mass is 9.95. The van der Waals surface area contributed by atoms with Crippen LogP contribution in [0.25, 0.3) is 0 Å². The molecular formula is C26H22Cl2N4O5. The molecular weight excluding hydrogens is 519 g/mol. The fourth-order valence-electron chi connectivity index (χ4n) is 3.73.